The molecule has 1 aliphatic rings. The fourth-order valence-electron chi connectivity index (χ4n) is 12.8. The third-order valence-electron chi connectivity index (χ3n) is 19.3. The van der Waals surface area contributed by atoms with Crippen molar-refractivity contribution in [2.75, 3.05) is 68.8 Å². The summed E-state index contributed by atoms with van der Waals surface area (Å²) in [5, 5.41) is 23.6. The van der Waals surface area contributed by atoms with E-state index in [4.69, 9.17) is 18.5 Å². The molecule has 2 aromatic rings. The minimum absolute atomic E-state index is 0.0493. The van der Waals surface area contributed by atoms with Crippen LogP contribution in [0.4, 0.5) is 0 Å². The predicted octanol–water partition coefficient (Wildman–Crippen LogP) is 6.98. The lowest BCUT2D eigenvalue weighted by Crippen LogP contribution is -2.63. The van der Waals surface area contributed by atoms with Crippen molar-refractivity contribution in [2.24, 2.45) is 41.4 Å². The summed E-state index contributed by atoms with van der Waals surface area (Å²) < 4.78 is 36.5. The molecule has 0 aromatic heterocycles. The number of ether oxygens (including phenoxy) is 2. The average Bonchev–Trinajstić information content (AvgIpc) is 0.793. The van der Waals surface area contributed by atoms with Crippen molar-refractivity contribution < 1.29 is 85.7 Å². The van der Waals surface area contributed by atoms with Gasteiger partial charge in [0.1, 0.15) is 71.9 Å². The first-order valence-electron chi connectivity index (χ1n) is 38.1. The highest BCUT2D eigenvalue weighted by Gasteiger charge is 2.46. The molecule has 0 saturated carbocycles. The van der Waals surface area contributed by atoms with Gasteiger partial charge in [0.15, 0.2) is 6.10 Å². The number of allylic oxidation sites excluding steroid dienone is 1. The van der Waals surface area contributed by atoms with Gasteiger partial charge in [0, 0.05) is 49.3 Å². The van der Waals surface area contributed by atoms with Crippen LogP contribution in [0.3, 0.4) is 0 Å². The number of nitrogens with one attached hydrogen (secondary N) is 4. The van der Waals surface area contributed by atoms with E-state index in [1.807, 2.05) is 55.4 Å². The summed E-state index contributed by atoms with van der Waals surface area (Å²) >= 11 is 0. The van der Waals surface area contributed by atoms with Crippen LogP contribution in [0.2, 0.25) is 0 Å². The Labute approximate surface area is 646 Å². The third kappa shape index (κ3) is 27.8. The summed E-state index contributed by atoms with van der Waals surface area (Å²) in [7, 11) is 5.60. The molecule has 0 bridgehead atoms. The molecule has 1 aliphatic heterocycles. The molecule has 29 nitrogen and oxygen atoms in total. The lowest BCUT2D eigenvalue weighted by molar-refractivity contribution is -0.157. The van der Waals surface area contributed by atoms with Crippen LogP contribution >= 0.6 is 7.60 Å². The van der Waals surface area contributed by atoms with Gasteiger partial charge in [-0.25, -0.2) is 9.36 Å². The van der Waals surface area contributed by atoms with E-state index in [1.54, 1.807) is 115 Å². The number of hydrogen-bond donors (Lipinski definition) is 5. The molecule has 1 unspecified atom stereocenters. The molecule has 612 valence electrons. The van der Waals surface area contributed by atoms with Crippen LogP contribution in [-0.4, -0.2) is 252 Å². The maximum absolute atomic E-state index is 15.6. The number of aliphatic hydroxyl groups excluding tert-OH is 1. The van der Waals surface area contributed by atoms with Gasteiger partial charge in [-0.3, -0.25) is 57.3 Å². The number of aliphatic hydroxyl groups is 1. The summed E-state index contributed by atoms with van der Waals surface area (Å²) in [5.74, 6) is -11.0. The van der Waals surface area contributed by atoms with Crippen molar-refractivity contribution in [1.82, 2.24) is 55.6 Å². The molecular formula is C79H128N11O18P. The molecule has 1 fully saturated rings. The Kier molecular flexibility index (Phi) is 38.1. The van der Waals surface area contributed by atoms with Crippen LogP contribution in [0.1, 0.15) is 169 Å². The van der Waals surface area contributed by atoms with Crippen molar-refractivity contribution in [2.45, 2.75) is 236 Å². The van der Waals surface area contributed by atoms with Crippen molar-refractivity contribution in [3.05, 3.63) is 66.2 Å². The smallest absolute Gasteiger partial charge is 0.417 e. The Morgan fingerprint density at radius 1 is 0.523 bits per heavy atom. The van der Waals surface area contributed by atoms with E-state index in [2.05, 4.69) is 21.3 Å². The summed E-state index contributed by atoms with van der Waals surface area (Å²) in [6, 6.07) is 1.87. The second kappa shape index (κ2) is 43.8. The van der Waals surface area contributed by atoms with Gasteiger partial charge in [-0.2, -0.15) is 0 Å². The summed E-state index contributed by atoms with van der Waals surface area (Å²) in [5.41, 5.74) is 0.651. The number of carbonyl (C=O) groups excluding carboxylic acids is 12. The first kappa shape index (κ1) is 94.8. The SMILES string of the molecule is CCOC(=O)[C@H](C)OP(=O)(COc1ccc(/C=C/C[C@@H](C)[C@@H](O)[C@H]2C(=O)N[C@@H](CC)C(=O)N(C)CC(=O)N(C)[C@@H](CC(C)C)C(=O)N[C@@H](C(C)C)C(=O)N(C)[C@@H](CC(C)C)C(=O)N[C@@H](C)C(=O)N[C@H](C)C(=O)N(C)[C@@H](CC(C)C)C(=O)N(C)[C@@H](CC(C)C)C(=O)N(C)[C@@H](C(C)C)C(=O)N2C)cc1)Oc1ccccc1. The molecule has 0 radical (unpaired) electrons. The van der Waals surface area contributed by atoms with Gasteiger partial charge in [-0.1, -0.05) is 139 Å². The van der Waals surface area contributed by atoms with Crippen molar-refractivity contribution >= 4 is 84.6 Å². The zero-order valence-corrected chi connectivity index (χ0v) is 70.0. The number of hydrogen-bond acceptors (Lipinski definition) is 18. The van der Waals surface area contributed by atoms with Gasteiger partial charge >= 0.3 is 13.6 Å². The molecule has 1 saturated heterocycles. The quantitative estimate of drug-likeness (QED) is 0.0494. The van der Waals surface area contributed by atoms with E-state index >= 15 is 19.2 Å². The number of benzene rings is 2. The van der Waals surface area contributed by atoms with Crippen LogP contribution < -0.4 is 30.5 Å². The molecule has 30 heteroatoms. The highest BCUT2D eigenvalue weighted by Crippen LogP contribution is 2.49. The molecule has 11 amide bonds. The second-order valence-electron chi connectivity index (χ2n) is 31.3. The maximum atomic E-state index is 15.6. The van der Waals surface area contributed by atoms with E-state index in [0.717, 1.165) is 9.80 Å². The van der Waals surface area contributed by atoms with Gasteiger partial charge < -0.3 is 74.7 Å². The summed E-state index contributed by atoms with van der Waals surface area (Å²) in [4.78, 5) is 184. The normalized spacial score (nSPS) is 24.3. The summed E-state index contributed by atoms with van der Waals surface area (Å²) in [6.45, 7) is 30.2. The largest absolute Gasteiger partial charge is 0.480 e. The van der Waals surface area contributed by atoms with Crippen LogP contribution in [0.15, 0.2) is 60.7 Å². The lowest BCUT2D eigenvalue weighted by Gasteiger charge is -2.41. The van der Waals surface area contributed by atoms with Gasteiger partial charge in [0.25, 0.3) is 0 Å². The number of esters is 1. The Morgan fingerprint density at radius 3 is 1.50 bits per heavy atom. The van der Waals surface area contributed by atoms with Crippen molar-refractivity contribution in [3.8, 4) is 11.5 Å². The Bertz CT molecular complexity index is 3460. The zero-order valence-electron chi connectivity index (χ0n) is 69.1. The number of para-hydroxylation sites is 1. The minimum Gasteiger partial charge on any atom is -0.480 e. The van der Waals surface area contributed by atoms with Gasteiger partial charge in [0.05, 0.1) is 19.3 Å². The average molecular weight is 1550 g/mol. The molecule has 5 N–H and O–H groups in total. The van der Waals surface area contributed by atoms with Crippen LogP contribution in [0.5, 0.6) is 11.5 Å². The standard InChI is InChI=1S/C79H128N11O18P/c1-26-59-74(98)84(19)44-64(91)85(20)60(40-46(3)4)71(95)83-65(50(11)12)77(101)86(21)61(41-47(5)6)70(94)80-53(16)69(93)81-54(17)73(97)87(22)62(42-48(7)8)75(99)88(23)63(43-49(9)10)76(100)89(24)66(51(13)14)78(102)90(25)67(72(96)82-59)68(92)52(15)32-31-33-56-36-38-57(39-37-56)106-45-109(104,107-55(18)79(103)105-27-2)108-58-34-29-28-30-35-58/h28-31,33-39,46-55,59-63,65-68,92H,26-27,32,40-45H2,1-25H3,(H,80,94)(H,81,93)(H,82,96)(H,83,95)/b33-31+/t52-,53+,54-,55+,59+,60+,61+,62+,63+,65+,66+,67+,68-,109?/m1/s1. The third-order valence-corrected chi connectivity index (χ3v) is 20.9. The number of rotatable bonds is 25. The highest BCUT2D eigenvalue weighted by molar-refractivity contribution is 7.54. The first-order chi connectivity index (χ1) is 50.7. The maximum Gasteiger partial charge on any atom is 0.417 e. The van der Waals surface area contributed by atoms with E-state index in [1.165, 1.54) is 94.6 Å². The molecule has 109 heavy (non-hydrogen) atoms. The zero-order chi connectivity index (χ0) is 83.0. The topological polar surface area (TPSA) is 350 Å². The van der Waals surface area contributed by atoms with Gasteiger partial charge in [-0.15, -0.1) is 0 Å². The summed E-state index contributed by atoms with van der Waals surface area (Å²) in [6.07, 6.45) is 0.482. The van der Waals surface area contributed by atoms with Crippen LogP contribution in [0, 0.1) is 41.4 Å². The molecule has 0 spiro atoms. The van der Waals surface area contributed by atoms with Gasteiger partial charge in [0.2, 0.25) is 71.3 Å². The highest BCUT2D eigenvalue weighted by atomic mass is 31.2. The Morgan fingerprint density at radius 2 is 1.00 bits per heavy atom. The number of amides is 11. The van der Waals surface area contributed by atoms with Crippen molar-refractivity contribution in [1.29, 1.82) is 0 Å². The molecular weight excluding hydrogens is 1420 g/mol. The lowest BCUT2D eigenvalue weighted by atomic mass is 9.91. The Balaban J connectivity index is 2.26. The van der Waals surface area contributed by atoms with E-state index in [9.17, 15) is 48.0 Å². The number of likely N-dealkylation sites (N-methyl/N-ethyl adjacent to an activating group) is 7. The molecule has 2 aromatic carbocycles. The van der Waals surface area contributed by atoms with Gasteiger partial charge in [-0.05, 0) is 137 Å². The van der Waals surface area contributed by atoms with Crippen LogP contribution in [-0.2, 0) is 71.4 Å². The number of carbonyl (C=O) groups is 12. The molecule has 14 atom stereocenters. The fraction of sp³-hybridized carbons (Fsp3) is 0.671. The van der Waals surface area contributed by atoms with E-state index < -0.39 is 182 Å². The fourth-order valence-corrected chi connectivity index (χ4v) is 14.3. The Hall–Kier alpha value is -8.43. The molecule has 1 heterocycles. The van der Waals surface area contributed by atoms with Crippen molar-refractivity contribution in [3.63, 3.8) is 0 Å². The number of nitrogens with zero attached hydrogens (tertiary/aromatic N) is 7. The first-order valence-corrected chi connectivity index (χ1v) is 39.8. The minimum atomic E-state index is -4.15. The monoisotopic (exact) mass is 1550 g/mol. The van der Waals surface area contributed by atoms with Crippen LogP contribution in [0.25, 0.3) is 6.08 Å². The second-order valence-corrected chi connectivity index (χ2v) is 33.2. The molecule has 0 aliphatic carbocycles. The molecule has 3 rings (SSSR count). The van der Waals surface area contributed by atoms with E-state index in [0.29, 0.717) is 5.56 Å². The predicted molar refractivity (Wildman–Crippen MR) is 416 cm³/mol. The van der Waals surface area contributed by atoms with E-state index in [-0.39, 0.29) is 80.3 Å².